The van der Waals surface area contributed by atoms with Crippen molar-refractivity contribution in [3.8, 4) is 0 Å². The lowest BCUT2D eigenvalue weighted by Crippen LogP contribution is -2.32. The molecule has 0 bridgehead atoms. The van der Waals surface area contributed by atoms with Crippen molar-refractivity contribution in [3.63, 3.8) is 0 Å². The van der Waals surface area contributed by atoms with E-state index in [1.165, 1.54) is 11.8 Å². The van der Waals surface area contributed by atoms with Crippen LogP contribution in [0.4, 0.5) is 0 Å². The minimum absolute atomic E-state index is 0.0131. The molecule has 1 heterocycles. The number of esters is 1. The normalized spacial score (nSPS) is 10.7. The Morgan fingerprint density at radius 3 is 2.45 bits per heavy atom. The molecular formula is C21H21N3O5. The van der Waals surface area contributed by atoms with Gasteiger partial charge < -0.3 is 14.8 Å². The van der Waals surface area contributed by atoms with E-state index in [4.69, 9.17) is 9.47 Å². The molecule has 0 fully saturated rings. The molecular weight excluding hydrogens is 374 g/mol. The molecule has 0 saturated carbocycles. The number of amides is 1. The number of aromatic nitrogens is 2. The summed E-state index contributed by atoms with van der Waals surface area (Å²) in [7, 11) is 1.52. The number of fused-ring (bicyclic) bond motifs is 1. The summed E-state index contributed by atoms with van der Waals surface area (Å²) in [4.78, 5) is 37.2. The van der Waals surface area contributed by atoms with E-state index in [1.807, 2.05) is 30.3 Å². The Kier molecular flexibility index (Phi) is 6.70. The van der Waals surface area contributed by atoms with E-state index in [0.29, 0.717) is 23.9 Å². The lowest BCUT2D eigenvalue weighted by atomic mass is 10.1. The Balaban J connectivity index is 1.86. The van der Waals surface area contributed by atoms with Gasteiger partial charge in [-0.25, -0.2) is 9.48 Å². The van der Waals surface area contributed by atoms with Crippen molar-refractivity contribution in [2.75, 3.05) is 26.9 Å². The van der Waals surface area contributed by atoms with Crippen LogP contribution in [0.5, 0.6) is 0 Å². The Bertz CT molecular complexity index is 1060. The summed E-state index contributed by atoms with van der Waals surface area (Å²) in [6, 6.07) is 16.0. The molecule has 0 aliphatic rings. The summed E-state index contributed by atoms with van der Waals surface area (Å²) in [5.74, 6) is -1.22. The van der Waals surface area contributed by atoms with Crippen molar-refractivity contribution in [1.29, 1.82) is 0 Å². The first-order valence-electron chi connectivity index (χ1n) is 9.06. The number of hydrogen-bond donors (Lipinski definition) is 1. The first kappa shape index (κ1) is 20.2. The SMILES string of the molecule is COCCNC(=O)COC(=O)c1nn(Cc2ccccc2)c(=O)c2ccccc12. The topological polar surface area (TPSA) is 99.5 Å². The number of nitrogens with zero attached hydrogens (tertiary/aromatic N) is 2. The van der Waals surface area contributed by atoms with Crippen LogP contribution in [0.3, 0.4) is 0 Å². The average molecular weight is 395 g/mol. The number of ether oxygens (including phenoxy) is 2. The third-order valence-electron chi connectivity index (χ3n) is 4.20. The van der Waals surface area contributed by atoms with Crippen LogP contribution in [0.1, 0.15) is 16.1 Å². The molecule has 8 heteroatoms. The third kappa shape index (κ3) is 5.05. The van der Waals surface area contributed by atoms with Gasteiger partial charge in [0.1, 0.15) is 0 Å². The second kappa shape index (κ2) is 9.61. The van der Waals surface area contributed by atoms with E-state index < -0.39 is 18.5 Å². The molecule has 3 aromatic rings. The number of methoxy groups -OCH3 is 1. The van der Waals surface area contributed by atoms with Crippen LogP contribution in [0.25, 0.3) is 10.8 Å². The number of carbonyl (C=O) groups is 2. The van der Waals surface area contributed by atoms with E-state index in [0.717, 1.165) is 5.56 Å². The quantitative estimate of drug-likeness (QED) is 0.457. The molecule has 29 heavy (non-hydrogen) atoms. The smallest absolute Gasteiger partial charge is 0.359 e. The number of nitrogens with one attached hydrogen (secondary N) is 1. The Labute approximate surface area is 167 Å². The van der Waals surface area contributed by atoms with Crippen molar-refractivity contribution in [1.82, 2.24) is 15.1 Å². The van der Waals surface area contributed by atoms with Crippen molar-refractivity contribution >= 4 is 22.6 Å². The number of benzene rings is 2. The number of hydrogen-bond acceptors (Lipinski definition) is 6. The molecule has 0 radical (unpaired) electrons. The molecule has 0 spiro atoms. The molecule has 8 nitrogen and oxygen atoms in total. The first-order chi connectivity index (χ1) is 14.1. The summed E-state index contributed by atoms with van der Waals surface area (Å²) >= 11 is 0. The Morgan fingerprint density at radius 1 is 1.03 bits per heavy atom. The fraction of sp³-hybridized carbons (Fsp3) is 0.238. The summed E-state index contributed by atoms with van der Waals surface area (Å²) < 4.78 is 11.2. The monoisotopic (exact) mass is 395 g/mol. The molecule has 0 atom stereocenters. The van der Waals surface area contributed by atoms with Gasteiger partial charge in [0.25, 0.3) is 11.5 Å². The molecule has 3 rings (SSSR count). The van der Waals surface area contributed by atoms with Gasteiger partial charge in [0.2, 0.25) is 0 Å². The average Bonchev–Trinajstić information content (AvgIpc) is 2.75. The standard InChI is InChI=1S/C21H21N3O5/c1-28-12-11-22-18(25)14-29-21(27)19-16-9-5-6-10-17(16)20(26)24(23-19)13-15-7-3-2-4-8-15/h2-10H,11-14H2,1H3,(H,22,25). The second-order valence-corrected chi connectivity index (χ2v) is 6.26. The maximum absolute atomic E-state index is 12.8. The first-order valence-corrected chi connectivity index (χ1v) is 9.06. The van der Waals surface area contributed by atoms with Crippen LogP contribution in [0.2, 0.25) is 0 Å². The van der Waals surface area contributed by atoms with E-state index >= 15 is 0 Å². The zero-order valence-electron chi connectivity index (χ0n) is 16.0. The van der Waals surface area contributed by atoms with Gasteiger partial charge in [0, 0.05) is 19.0 Å². The van der Waals surface area contributed by atoms with Gasteiger partial charge in [-0.2, -0.15) is 5.10 Å². The van der Waals surface area contributed by atoms with Crippen LogP contribution in [-0.2, 0) is 20.8 Å². The van der Waals surface area contributed by atoms with Crippen LogP contribution in [-0.4, -0.2) is 48.5 Å². The molecule has 0 aliphatic carbocycles. The highest BCUT2D eigenvalue weighted by Crippen LogP contribution is 2.15. The van der Waals surface area contributed by atoms with E-state index in [1.54, 1.807) is 24.3 Å². The minimum atomic E-state index is -0.773. The van der Waals surface area contributed by atoms with Gasteiger partial charge in [-0.05, 0) is 11.6 Å². The van der Waals surface area contributed by atoms with Crippen LogP contribution >= 0.6 is 0 Å². The maximum Gasteiger partial charge on any atom is 0.359 e. The van der Waals surface area contributed by atoms with Gasteiger partial charge in [-0.3, -0.25) is 9.59 Å². The van der Waals surface area contributed by atoms with E-state index in [-0.39, 0.29) is 17.8 Å². The largest absolute Gasteiger partial charge is 0.451 e. The molecule has 1 N–H and O–H groups in total. The highest BCUT2D eigenvalue weighted by atomic mass is 16.5. The molecule has 1 aromatic heterocycles. The molecule has 150 valence electrons. The number of rotatable bonds is 8. The molecule has 0 aliphatic heterocycles. The summed E-state index contributed by atoms with van der Waals surface area (Å²) in [5.41, 5.74) is 0.549. The maximum atomic E-state index is 12.8. The van der Waals surface area contributed by atoms with Gasteiger partial charge in [-0.1, -0.05) is 48.5 Å². The van der Waals surface area contributed by atoms with E-state index in [9.17, 15) is 14.4 Å². The predicted molar refractivity (Wildman–Crippen MR) is 107 cm³/mol. The Morgan fingerprint density at radius 2 is 1.72 bits per heavy atom. The molecule has 2 aromatic carbocycles. The van der Waals surface area contributed by atoms with Crippen LogP contribution in [0, 0.1) is 0 Å². The van der Waals surface area contributed by atoms with E-state index in [2.05, 4.69) is 10.4 Å². The van der Waals surface area contributed by atoms with Gasteiger partial charge >= 0.3 is 5.97 Å². The van der Waals surface area contributed by atoms with Crippen molar-refractivity contribution in [2.24, 2.45) is 0 Å². The predicted octanol–water partition coefficient (Wildman–Crippen LogP) is 1.36. The summed E-state index contributed by atoms with van der Waals surface area (Å²) in [6.07, 6.45) is 0. The third-order valence-corrected chi connectivity index (χ3v) is 4.20. The zero-order chi connectivity index (χ0) is 20.6. The van der Waals surface area contributed by atoms with Crippen molar-refractivity contribution in [2.45, 2.75) is 6.54 Å². The van der Waals surface area contributed by atoms with Gasteiger partial charge in [0.15, 0.2) is 12.3 Å². The Hall–Kier alpha value is -3.52. The van der Waals surface area contributed by atoms with Gasteiger partial charge in [0.05, 0.1) is 18.5 Å². The highest BCUT2D eigenvalue weighted by molar-refractivity contribution is 6.02. The number of carbonyl (C=O) groups excluding carboxylic acids is 2. The van der Waals surface area contributed by atoms with Crippen molar-refractivity contribution < 1.29 is 19.1 Å². The molecule has 1 amide bonds. The minimum Gasteiger partial charge on any atom is -0.451 e. The van der Waals surface area contributed by atoms with Crippen LogP contribution < -0.4 is 10.9 Å². The fourth-order valence-corrected chi connectivity index (χ4v) is 2.79. The summed E-state index contributed by atoms with van der Waals surface area (Å²) in [6.45, 7) is 0.436. The summed E-state index contributed by atoms with van der Waals surface area (Å²) in [5, 5.41) is 7.53. The molecule has 0 unspecified atom stereocenters. The highest BCUT2D eigenvalue weighted by Gasteiger charge is 2.19. The fourth-order valence-electron chi connectivity index (χ4n) is 2.79. The zero-order valence-corrected chi connectivity index (χ0v) is 16.0. The second-order valence-electron chi connectivity index (χ2n) is 6.26. The molecule has 0 saturated heterocycles. The van der Waals surface area contributed by atoms with Crippen LogP contribution in [0.15, 0.2) is 59.4 Å². The lowest BCUT2D eigenvalue weighted by molar-refractivity contribution is -0.124. The van der Waals surface area contributed by atoms with Crippen molar-refractivity contribution in [3.05, 3.63) is 76.2 Å². The van der Waals surface area contributed by atoms with Gasteiger partial charge in [-0.15, -0.1) is 0 Å². The lowest BCUT2D eigenvalue weighted by Gasteiger charge is -2.11.